The minimum atomic E-state index is -0.459. The number of furan rings is 1. The molecule has 2 aromatic carbocycles. The second-order valence-corrected chi connectivity index (χ2v) is 7.67. The van der Waals surface area contributed by atoms with Gasteiger partial charge in [-0.25, -0.2) is 0 Å². The lowest BCUT2D eigenvalue weighted by Gasteiger charge is -2.14. The molecular formula is C22H20N2O3. The number of aromatic nitrogens is 1. The summed E-state index contributed by atoms with van der Waals surface area (Å²) in [6, 6.07) is 16.5. The maximum Gasteiger partial charge on any atom is 0.291 e. The standard InChI is InChI=1S/C22H20N2O3/c1-22(2,3)20(25)17-11-14-10-15(8-9-16(14)24-17)23-21(26)19-12-13-6-4-5-7-18(13)27-19/h4-12,24H,1-3H3,(H,23,26). The number of ketones is 1. The van der Waals surface area contributed by atoms with Crippen molar-refractivity contribution < 1.29 is 14.0 Å². The van der Waals surface area contributed by atoms with Gasteiger partial charge in [0.1, 0.15) is 5.58 Å². The number of carbonyl (C=O) groups is 2. The Hall–Kier alpha value is -3.34. The molecule has 1 amide bonds. The normalized spacial score (nSPS) is 11.8. The lowest BCUT2D eigenvalue weighted by molar-refractivity contribution is 0.0853. The van der Waals surface area contributed by atoms with Crippen LogP contribution in [0.3, 0.4) is 0 Å². The van der Waals surface area contributed by atoms with E-state index in [1.807, 2.05) is 63.2 Å². The van der Waals surface area contributed by atoms with E-state index in [0.29, 0.717) is 17.0 Å². The molecule has 0 unspecified atom stereocenters. The molecule has 2 heterocycles. The van der Waals surface area contributed by atoms with E-state index in [-0.39, 0.29) is 17.5 Å². The minimum absolute atomic E-state index is 0.0477. The highest BCUT2D eigenvalue weighted by Crippen LogP contribution is 2.26. The Kier molecular flexibility index (Phi) is 3.88. The van der Waals surface area contributed by atoms with Crippen LogP contribution in [-0.2, 0) is 0 Å². The van der Waals surface area contributed by atoms with Gasteiger partial charge < -0.3 is 14.7 Å². The third-order valence-electron chi connectivity index (χ3n) is 4.45. The van der Waals surface area contributed by atoms with Gasteiger partial charge in [-0.05, 0) is 36.4 Å². The van der Waals surface area contributed by atoms with E-state index in [2.05, 4.69) is 10.3 Å². The SMILES string of the molecule is CC(C)(C)C(=O)c1cc2cc(NC(=O)c3cc4ccccc4o3)ccc2[nH]1. The highest BCUT2D eigenvalue weighted by molar-refractivity contribution is 6.06. The summed E-state index contributed by atoms with van der Waals surface area (Å²) in [5.41, 5.74) is 2.28. The van der Waals surface area contributed by atoms with Gasteiger partial charge in [-0.1, -0.05) is 39.0 Å². The molecule has 0 atom stereocenters. The summed E-state index contributed by atoms with van der Waals surface area (Å²) in [5.74, 6) is -0.00685. The summed E-state index contributed by atoms with van der Waals surface area (Å²) in [4.78, 5) is 28.1. The van der Waals surface area contributed by atoms with E-state index in [1.54, 1.807) is 12.1 Å². The van der Waals surface area contributed by atoms with Crippen LogP contribution < -0.4 is 5.32 Å². The van der Waals surface area contributed by atoms with Crippen LogP contribution in [0.2, 0.25) is 0 Å². The Balaban J connectivity index is 1.60. The lowest BCUT2D eigenvalue weighted by atomic mass is 9.89. The summed E-state index contributed by atoms with van der Waals surface area (Å²) >= 11 is 0. The molecule has 0 bridgehead atoms. The number of carbonyl (C=O) groups excluding carboxylic acids is 2. The average molecular weight is 360 g/mol. The van der Waals surface area contributed by atoms with E-state index in [1.165, 1.54) is 0 Å². The van der Waals surface area contributed by atoms with Crippen molar-refractivity contribution in [2.75, 3.05) is 5.32 Å². The minimum Gasteiger partial charge on any atom is -0.451 e. The molecule has 27 heavy (non-hydrogen) atoms. The van der Waals surface area contributed by atoms with Gasteiger partial charge in [-0.2, -0.15) is 0 Å². The van der Waals surface area contributed by atoms with Crippen LogP contribution >= 0.6 is 0 Å². The number of para-hydroxylation sites is 1. The fourth-order valence-corrected chi connectivity index (χ4v) is 3.02. The molecule has 2 aromatic heterocycles. The van der Waals surface area contributed by atoms with Crippen LogP contribution in [0, 0.1) is 5.41 Å². The number of anilines is 1. The van der Waals surface area contributed by atoms with Gasteiger partial charge in [-0.15, -0.1) is 0 Å². The van der Waals surface area contributed by atoms with Gasteiger partial charge in [0.15, 0.2) is 11.5 Å². The van der Waals surface area contributed by atoms with E-state index in [0.717, 1.165) is 16.3 Å². The topological polar surface area (TPSA) is 75.1 Å². The number of hydrogen-bond donors (Lipinski definition) is 2. The highest BCUT2D eigenvalue weighted by atomic mass is 16.3. The van der Waals surface area contributed by atoms with Crippen molar-refractivity contribution >= 4 is 39.2 Å². The fraction of sp³-hybridized carbons (Fsp3) is 0.182. The fourth-order valence-electron chi connectivity index (χ4n) is 3.02. The third-order valence-corrected chi connectivity index (χ3v) is 4.45. The maximum atomic E-state index is 12.5. The van der Waals surface area contributed by atoms with Crippen LogP contribution in [0.25, 0.3) is 21.9 Å². The first-order valence-corrected chi connectivity index (χ1v) is 8.79. The summed E-state index contributed by atoms with van der Waals surface area (Å²) < 4.78 is 5.60. The second-order valence-electron chi connectivity index (χ2n) is 7.67. The molecule has 0 radical (unpaired) electrons. The molecule has 4 aromatic rings. The molecule has 0 fully saturated rings. The molecule has 0 aliphatic heterocycles. The summed E-state index contributed by atoms with van der Waals surface area (Å²) in [6.45, 7) is 5.67. The van der Waals surface area contributed by atoms with Crippen molar-refractivity contribution in [2.24, 2.45) is 5.41 Å². The summed E-state index contributed by atoms with van der Waals surface area (Å²) in [5, 5.41) is 4.60. The smallest absolute Gasteiger partial charge is 0.291 e. The Bertz CT molecular complexity index is 1140. The number of aromatic amines is 1. The van der Waals surface area contributed by atoms with E-state index in [4.69, 9.17) is 4.42 Å². The Labute approximate surface area is 156 Å². The maximum absolute atomic E-state index is 12.5. The average Bonchev–Trinajstić information content (AvgIpc) is 3.23. The number of H-pyrrole nitrogens is 1. The summed E-state index contributed by atoms with van der Waals surface area (Å²) in [7, 11) is 0. The van der Waals surface area contributed by atoms with Gasteiger partial charge in [0.25, 0.3) is 5.91 Å². The molecule has 2 N–H and O–H groups in total. The molecule has 4 rings (SSSR count). The number of nitrogens with one attached hydrogen (secondary N) is 2. The van der Waals surface area contributed by atoms with Gasteiger partial charge in [0.2, 0.25) is 0 Å². The van der Waals surface area contributed by atoms with E-state index in [9.17, 15) is 9.59 Å². The predicted octanol–water partition coefficient (Wildman–Crippen LogP) is 5.40. The number of benzene rings is 2. The van der Waals surface area contributed by atoms with Crippen LogP contribution in [0.1, 0.15) is 41.8 Å². The lowest BCUT2D eigenvalue weighted by Crippen LogP contribution is -2.20. The molecule has 0 aliphatic rings. The number of rotatable bonds is 3. The highest BCUT2D eigenvalue weighted by Gasteiger charge is 2.24. The quantitative estimate of drug-likeness (QED) is 0.481. The predicted molar refractivity (Wildman–Crippen MR) is 106 cm³/mol. The van der Waals surface area contributed by atoms with E-state index >= 15 is 0 Å². The van der Waals surface area contributed by atoms with Gasteiger partial charge >= 0.3 is 0 Å². The van der Waals surface area contributed by atoms with Crippen molar-refractivity contribution in [3.05, 3.63) is 66.1 Å². The monoisotopic (exact) mass is 360 g/mol. The number of amides is 1. The van der Waals surface area contributed by atoms with Crippen LogP contribution in [0.5, 0.6) is 0 Å². The van der Waals surface area contributed by atoms with Gasteiger partial charge in [-0.3, -0.25) is 9.59 Å². The summed E-state index contributed by atoms with van der Waals surface area (Å²) in [6.07, 6.45) is 0. The van der Waals surface area contributed by atoms with Crippen molar-refractivity contribution in [3.8, 4) is 0 Å². The number of hydrogen-bond acceptors (Lipinski definition) is 3. The zero-order valence-electron chi connectivity index (χ0n) is 15.4. The number of Topliss-reactive ketones (excluding diaryl/α,β-unsaturated/α-hetero) is 1. The first kappa shape index (κ1) is 17.1. The molecular weight excluding hydrogens is 340 g/mol. The molecule has 0 spiro atoms. The van der Waals surface area contributed by atoms with Crippen molar-refractivity contribution in [2.45, 2.75) is 20.8 Å². The second kappa shape index (κ2) is 6.13. The van der Waals surface area contributed by atoms with Crippen LogP contribution in [-0.4, -0.2) is 16.7 Å². The Morgan fingerprint density at radius 3 is 2.48 bits per heavy atom. The number of fused-ring (bicyclic) bond motifs is 2. The molecule has 0 aliphatic carbocycles. The zero-order valence-corrected chi connectivity index (χ0v) is 15.4. The van der Waals surface area contributed by atoms with Gasteiger partial charge in [0, 0.05) is 27.4 Å². The van der Waals surface area contributed by atoms with Gasteiger partial charge in [0.05, 0.1) is 5.69 Å². The van der Waals surface area contributed by atoms with Crippen LogP contribution in [0.4, 0.5) is 5.69 Å². The molecule has 5 heteroatoms. The molecule has 5 nitrogen and oxygen atoms in total. The Morgan fingerprint density at radius 2 is 1.74 bits per heavy atom. The van der Waals surface area contributed by atoms with Crippen molar-refractivity contribution in [1.29, 1.82) is 0 Å². The van der Waals surface area contributed by atoms with Crippen molar-refractivity contribution in [3.63, 3.8) is 0 Å². The van der Waals surface area contributed by atoms with E-state index < -0.39 is 5.41 Å². The van der Waals surface area contributed by atoms with Crippen molar-refractivity contribution in [1.82, 2.24) is 4.98 Å². The third kappa shape index (κ3) is 3.24. The molecule has 0 saturated heterocycles. The largest absolute Gasteiger partial charge is 0.451 e. The van der Waals surface area contributed by atoms with Crippen LogP contribution in [0.15, 0.2) is 59.0 Å². The zero-order chi connectivity index (χ0) is 19.2. The first-order valence-electron chi connectivity index (χ1n) is 8.79. The first-order chi connectivity index (χ1) is 12.8. The Morgan fingerprint density at radius 1 is 0.963 bits per heavy atom. The molecule has 136 valence electrons. The molecule has 0 saturated carbocycles.